The van der Waals surface area contributed by atoms with Gasteiger partial charge in [-0.05, 0) is 12.2 Å². The van der Waals surface area contributed by atoms with Crippen LogP contribution in [0, 0.1) is 0 Å². The molecule has 2 aliphatic rings. The summed E-state index contributed by atoms with van der Waals surface area (Å²) in [5, 5.41) is 0. The molecule has 1 amide bonds. The molecule has 2 heteroatoms. The molecule has 0 unspecified atom stereocenters. The number of hydrogen-bond acceptors (Lipinski definition) is 1. The van der Waals surface area contributed by atoms with E-state index in [9.17, 15) is 4.79 Å². The lowest BCUT2D eigenvalue weighted by Gasteiger charge is -2.23. The van der Waals surface area contributed by atoms with Gasteiger partial charge >= 0.3 is 0 Å². The molecule has 0 spiro atoms. The largest absolute Gasteiger partial charge is 0.288 e. The van der Waals surface area contributed by atoms with Crippen LogP contribution in [0.15, 0.2) is 47.9 Å². The van der Waals surface area contributed by atoms with Gasteiger partial charge in [0.15, 0.2) is 0 Å². The zero-order chi connectivity index (χ0) is 9.97. The fraction of sp³-hybridized carbons (Fsp3) is 0.250. The first-order valence-electron chi connectivity index (χ1n) is 4.81. The molecule has 0 heterocycles. The minimum atomic E-state index is 0.0925. The Morgan fingerprint density at radius 1 is 1.14 bits per heavy atom. The highest BCUT2D eigenvalue weighted by molar-refractivity contribution is 5.78. The predicted octanol–water partition coefficient (Wildman–Crippen LogP) is 2.52. The maximum atomic E-state index is 11.5. The normalized spacial score (nSPS) is 18.4. The van der Waals surface area contributed by atoms with Crippen LogP contribution in [0.25, 0.3) is 0 Å². The summed E-state index contributed by atoms with van der Waals surface area (Å²) < 4.78 is 0. The summed E-state index contributed by atoms with van der Waals surface area (Å²) in [6, 6.07) is 0. The summed E-state index contributed by atoms with van der Waals surface area (Å²) in [6.45, 7) is 1.61. The molecule has 0 radical (unpaired) electrons. The number of nitrogens with zero attached hydrogens (tertiary/aromatic N) is 1. The average Bonchev–Trinajstić information content (AvgIpc) is 2.75. The first-order chi connectivity index (χ1) is 6.79. The molecule has 0 saturated carbocycles. The molecule has 0 N–H and O–H groups in total. The van der Waals surface area contributed by atoms with Crippen molar-refractivity contribution in [2.24, 2.45) is 0 Å². The Labute approximate surface area is 83.9 Å². The van der Waals surface area contributed by atoms with Crippen LogP contribution >= 0.6 is 0 Å². The molecule has 2 nitrogen and oxygen atoms in total. The van der Waals surface area contributed by atoms with E-state index < -0.39 is 0 Å². The lowest BCUT2D eigenvalue weighted by molar-refractivity contribution is -0.125. The summed E-state index contributed by atoms with van der Waals surface area (Å²) in [7, 11) is 0. The van der Waals surface area contributed by atoms with E-state index in [1.807, 2.05) is 24.3 Å². The zero-order valence-electron chi connectivity index (χ0n) is 8.23. The Hall–Kier alpha value is -1.57. The summed E-state index contributed by atoms with van der Waals surface area (Å²) in [6.07, 6.45) is 13.8. The highest BCUT2D eigenvalue weighted by atomic mass is 16.2. The Kier molecular flexibility index (Phi) is 2.35. The van der Waals surface area contributed by atoms with Gasteiger partial charge < -0.3 is 0 Å². The lowest BCUT2D eigenvalue weighted by atomic mass is 10.2. The number of amides is 1. The molecule has 0 atom stereocenters. The Morgan fingerprint density at radius 3 is 1.93 bits per heavy atom. The van der Waals surface area contributed by atoms with E-state index in [1.54, 1.807) is 11.8 Å². The Bertz CT molecular complexity index is 342. The molecule has 72 valence electrons. The van der Waals surface area contributed by atoms with Crippen LogP contribution in [0.5, 0.6) is 0 Å². The monoisotopic (exact) mass is 187 g/mol. The van der Waals surface area contributed by atoms with Crippen LogP contribution in [-0.4, -0.2) is 10.8 Å². The topological polar surface area (TPSA) is 20.3 Å². The van der Waals surface area contributed by atoms with Crippen molar-refractivity contribution in [2.45, 2.75) is 19.8 Å². The van der Waals surface area contributed by atoms with Gasteiger partial charge in [0, 0.05) is 31.2 Å². The van der Waals surface area contributed by atoms with E-state index >= 15 is 0 Å². The van der Waals surface area contributed by atoms with Gasteiger partial charge in [-0.1, -0.05) is 24.3 Å². The van der Waals surface area contributed by atoms with Crippen molar-refractivity contribution in [3.8, 4) is 0 Å². The fourth-order valence-corrected chi connectivity index (χ4v) is 1.79. The lowest BCUT2D eigenvalue weighted by Crippen LogP contribution is -2.26. The third-order valence-electron chi connectivity index (χ3n) is 2.39. The summed E-state index contributed by atoms with van der Waals surface area (Å²) in [5.74, 6) is 0.0925. The van der Waals surface area contributed by atoms with Crippen LogP contribution in [-0.2, 0) is 4.79 Å². The Morgan fingerprint density at radius 2 is 1.64 bits per heavy atom. The van der Waals surface area contributed by atoms with Crippen molar-refractivity contribution in [3.63, 3.8) is 0 Å². The van der Waals surface area contributed by atoms with Gasteiger partial charge in [0.2, 0.25) is 5.91 Å². The average molecular weight is 187 g/mol. The van der Waals surface area contributed by atoms with Crippen LogP contribution in [0.4, 0.5) is 0 Å². The molecule has 2 aliphatic carbocycles. The molecule has 0 aromatic rings. The van der Waals surface area contributed by atoms with E-state index in [1.165, 1.54) is 0 Å². The minimum Gasteiger partial charge on any atom is -0.288 e. The number of rotatable bonds is 2. The Balaban J connectivity index is 2.20. The van der Waals surface area contributed by atoms with Crippen LogP contribution in [0.3, 0.4) is 0 Å². The molecule has 14 heavy (non-hydrogen) atoms. The molecule has 0 aromatic carbocycles. The second-order valence-corrected chi connectivity index (χ2v) is 3.43. The van der Waals surface area contributed by atoms with Gasteiger partial charge in [-0.3, -0.25) is 9.69 Å². The highest BCUT2D eigenvalue weighted by Crippen LogP contribution is 2.25. The van der Waals surface area contributed by atoms with Crippen LogP contribution < -0.4 is 0 Å². The smallest absolute Gasteiger partial charge is 0.227 e. The van der Waals surface area contributed by atoms with Gasteiger partial charge in [-0.15, -0.1) is 0 Å². The maximum absolute atomic E-state index is 11.5. The zero-order valence-corrected chi connectivity index (χ0v) is 8.23. The maximum Gasteiger partial charge on any atom is 0.227 e. The van der Waals surface area contributed by atoms with Crippen molar-refractivity contribution in [1.29, 1.82) is 0 Å². The van der Waals surface area contributed by atoms with E-state index in [0.29, 0.717) is 0 Å². The molecule has 0 aromatic heterocycles. The van der Waals surface area contributed by atoms with Gasteiger partial charge in [0.25, 0.3) is 0 Å². The number of carbonyl (C=O) groups is 1. The van der Waals surface area contributed by atoms with E-state index in [2.05, 4.69) is 12.2 Å². The first-order valence-corrected chi connectivity index (χ1v) is 4.81. The number of hydrogen-bond donors (Lipinski definition) is 0. The first kappa shape index (κ1) is 9.00. The molecule has 0 saturated heterocycles. The van der Waals surface area contributed by atoms with Crippen molar-refractivity contribution in [2.75, 3.05) is 0 Å². The van der Waals surface area contributed by atoms with E-state index in [-0.39, 0.29) is 5.91 Å². The summed E-state index contributed by atoms with van der Waals surface area (Å²) in [5.41, 5.74) is 2.15. The second kappa shape index (κ2) is 3.66. The van der Waals surface area contributed by atoms with E-state index in [0.717, 1.165) is 24.2 Å². The molecule has 0 fully saturated rings. The third kappa shape index (κ3) is 1.55. The number of allylic oxidation sites excluding steroid dienone is 6. The molecule has 0 bridgehead atoms. The van der Waals surface area contributed by atoms with Gasteiger partial charge in [0.1, 0.15) is 0 Å². The highest BCUT2D eigenvalue weighted by Gasteiger charge is 2.19. The van der Waals surface area contributed by atoms with Gasteiger partial charge in [-0.25, -0.2) is 0 Å². The van der Waals surface area contributed by atoms with Crippen LogP contribution in [0.2, 0.25) is 0 Å². The molecular weight excluding hydrogens is 174 g/mol. The van der Waals surface area contributed by atoms with Crippen molar-refractivity contribution < 1.29 is 4.79 Å². The SMILES string of the molecule is CC(=O)N(C1=CC=CC1)C1=CC=CC1. The summed E-state index contributed by atoms with van der Waals surface area (Å²) >= 11 is 0. The molecular formula is C12H13NO. The van der Waals surface area contributed by atoms with Crippen molar-refractivity contribution in [3.05, 3.63) is 47.9 Å². The van der Waals surface area contributed by atoms with E-state index in [4.69, 9.17) is 0 Å². The van der Waals surface area contributed by atoms with Crippen molar-refractivity contribution >= 4 is 5.91 Å². The fourth-order valence-electron chi connectivity index (χ4n) is 1.79. The quantitative estimate of drug-likeness (QED) is 0.650. The second-order valence-electron chi connectivity index (χ2n) is 3.43. The van der Waals surface area contributed by atoms with Crippen molar-refractivity contribution in [1.82, 2.24) is 4.90 Å². The summed E-state index contributed by atoms with van der Waals surface area (Å²) in [4.78, 5) is 13.3. The number of carbonyl (C=O) groups excluding carboxylic acids is 1. The standard InChI is InChI=1S/C12H13NO/c1-10(14)13(11-6-2-3-7-11)12-8-4-5-9-12/h2-6,8H,7,9H2,1H3. The van der Waals surface area contributed by atoms with Gasteiger partial charge in [-0.2, -0.15) is 0 Å². The van der Waals surface area contributed by atoms with Gasteiger partial charge in [0.05, 0.1) is 0 Å². The third-order valence-corrected chi connectivity index (χ3v) is 2.39. The molecule has 0 aliphatic heterocycles. The van der Waals surface area contributed by atoms with Crippen LogP contribution in [0.1, 0.15) is 19.8 Å². The minimum absolute atomic E-state index is 0.0925. The predicted molar refractivity (Wildman–Crippen MR) is 56.2 cm³/mol. The molecule has 2 rings (SSSR count).